The number of phosphoric acid groups is 1. The molecule has 0 amide bonds. The summed E-state index contributed by atoms with van der Waals surface area (Å²) in [6, 6.07) is 0. The van der Waals surface area contributed by atoms with Crippen molar-refractivity contribution in [1.82, 2.24) is 0 Å². The van der Waals surface area contributed by atoms with Crippen molar-refractivity contribution in [2.45, 2.75) is 102 Å². The molecule has 0 heterocycles. The summed E-state index contributed by atoms with van der Waals surface area (Å²) >= 11 is 8.67. The van der Waals surface area contributed by atoms with Gasteiger partial charge in [0.15, 0.2) is 0 Å². The van der Waals surface area contributed by atoms with Gasteiger partial charge >= 0.3 is 37.4 Å². The van der Waals surface area contributed by atoms with E-state index in [2.05, 4.69) is 29.8 Å². The molecule has 0 rings (SSSR count). The Bertz CT molecular complexity index is 332. The van der Waals surface area contributed by atoms with Crippen LogP contribution >= 0.6 is 33.1 Å². The molecule has 0 aromatic rings. The molecule has 26 heavy (non-hydrogen) atoms. The van der Waals surface area contributed by atoms with E-state index in [0.29, 0.717) is 6.42 Å². The maximum atomic E-state index is 10.6. The number of hydrogen-bond donors (Lipinski definition) is 4. The molecule has 0 fully saturated rings. The van der Waals surface area contributed by atoms with E-state index in [-0.39, 0.29) is 41.4 Å². The summed E-state index contributed by atoms with van der Waals surface area (Å²) in [5, 5.41) is 0.166. The van der Waals surface area contributed by atoms with Crippen molar-refractivity contribution < 1.29 is 18.9 Å². The molecule has 0 bridgehead atoms. The Hall–Kier alpha value is 1.81. The van der Waals surface area contributed by atoms with Gasteiger partial charge in [-0.15, -0.1) is 0 Å². The van der Waals surface area contributed by atoms with E-state index >= 15 is 0 Å². The molecule has 0 aliphatic heterocycles. The van der Waals surface area contributed by atoms with E-state index in [0.717, 1.165) is 18.6 Å². The fourth-order valence-electron chi connectivity index (χ4n) is 2.89. The van der Waals surface area contributed by atoms with Gasteiger partial charge in [-0.3, -0.25) is 4.52 Å². The molecule has 0 aliphatic carbocycles. The number of hydrogen-bond acceptors (Lipinski definition) is 4. The molecule has 0 aliphatic rings. The SMILES string of the molecule is O=P(O)(O)OCCC(S)CCCCCCCCCCCCCCCS.[NaH]. The van der Waals surface area contributed by atoms with E-state index < -0.39 is 7.82 Å². The average Bonchev–Trinajstić information content (AvgIpc) is 2.54. The summed E-state index contributed by atoms with van der Waals surface area (Å²) in [6.45, 7) is 0.0770. The van der Waals surface area contributed by atoms with E-state index in [4.69, 9.17) is 9.79 Å². The minimum absolute atomic E-state index is 0. The molecule has 4 nitrogen and oxygen atoms in total. The molecule has 1 unspecified atom stereocenters. The summed E-state index contributed by atoms with van der Waals surface area (Å²) < 4.78 is 15.0. The van der Waals surface area contributed by atoms with Crippen molar-refractivity contribution in [3.63, 3.8) is 0 Å². The molecule has 0 spiro atoms. The molecule has 0 aromatic carbocycles. The Morgan fingerprint density at radius 3 is 1.50 bits per heavy atom. The van der Waals surface area contributed by atoms with Crippen LogP contribution in [0.1, 0.15) is 96.3 Å². The van der Waals surface area contributed by atoms with Gasteiger partial charge in [0, 0.05) is 5.25 Å². The van der Waals surface area contributed by atoms with Crippen molar-refractivity contribution in [3.8, 4) is 0 Å². The monoisotopic (exact) mass is 438 g/mol. The minimum atomic E-state index is -4.32. The number of phosphoric ester groups is 1. The van der Waals surface area contributed by atoms with Gasteiger partial charge in [-0.1, -0.05) is 77.0 Å². The van der Waals surface area contributed by atoms with Crippen molar-refractivity contribution in [3.05, 3.63) is 0 Å². The molecule has 0 aromatic heterocycles. The first-order valence-electron chi connectivity index (χ1n) is 9.94. The van der Waals surface area contributed by atoms with E-state index in [9.17, 15) is 4.57 Å². The molecule has 1 atom stereocenters. The first kappa shape index (κ1) is 30.0. The van der Waals surface area contributed by atoms with Gasteiger partial charge in [0.05, 0.1) is 6.61 Å². The van der Waals surface area contributed by atoms with Crippen LogP contribution in [0.3, 0.4) is 0 Å². The molecular formula is C18H40NaO4PS2. The molecule has 8 heteroatoms. The first-order chi connectivity index (χ1) is 12.0. The third-order valence-corrected chi connectivity index (χ3v) is 5.76. The Kier molecular flexibility index (Phi) is 24.8. The summed E-state index contributed by atoms with van der Waals surface area (Å²) in [5.74, 6) is 1.03. The molecule has 2 N–H and O–H groups in total. The van der Waals surface area contributed by atoms with E-state index in [1.54, 1.807) is 0 Å². The fraction of sp³-hybridized carbons (Fsp3) is 1.00. The second-order valence-corrected chi connectivity index (χ2v) is 9.29. The summed E-state index contributed by atoms with van der Waals surface area (Å²) in [5.41, 5.74) is 0. The quantitative estimate of drug-likeness (QED) is 0.0927. The van der Waals surface area contributed by atoms with Crippen LogP contribution < -0.4 is 0 Å². The van der Waals surface area contributed by atoms with Crippen molar-refractivity contribution >= 4 is 62.6 Å². The van der Waals surface area contributed by atoms with Crippen LogP contribution in [0.5, 0.6) is 0 Å². The van der Waals surface area contributed by atoms with Crippen LogP contribution in [0, 0.1) is 0 Å². The third-order valence-electron chi connectivity index (χ3n) is 4.41. The van der Waals surface area contributed by atoms with Crippen LogP contribution in [-0.4, -0.2) is 57.0 Å². The third kappa shape index (κ3) is 25.8. The second-order valence-electron chi connectivity index (χ2n) is 6.87. The van der Waals surface area contributed by atoms with Gasteiger partial charge < -0.3 is 9.79 Å². The molecule has 0 radical (unpaired) electrons. The Labute approximate surface area is 194 Å². The number of rotatable bonds is 19. The molecular weight excluding hydrogens is 398 g/mol. The number of thiol groups is 2. The zero-order valence-corrected chi connectivity index (χ0v) is 18.3. The van der Waals surface area contributed by atoms with Crippen LogP contribution in [0.15, 0.2) is 0 Å². The van der Waals surface area contributed by atoms with Crippen LogP contribution in [0.25, 0.3) is 0 Å². The normalized spacial score (nSPS) is 12.8. The van der Waals surface area contributed by atoms with E-state index in [1.165, 1.54) is 77.0 Å². The predicted molar refractivity (Wildman–Crippen MR) is 121 cm³/mol. The van der Waals surface area contributed by atoms with Crippen molar-refractivity contribution in [2.24, 2.45) is 0 Å². The standard InChI is InChI=1S/C18H39O4PS2.Na.H/c19-23(20,21)22-16-15-18(25)14-12-10-8-6-4-2-1-3-5-7-9-11-13-17-24;;/h18,24-25H,1-17H2,(H2,19,20,21);;. The molecule has 154 valence electrons. The topological polar surface area (TPSA) is 66.8 Å². The Morgan fingerprint density at radius 1 is 0.731 bits per heavy atom. The van der Waals surface area contributed by atoms with Crippen LogP contribution in [0.2, 0.25) is 0 Å². The van der Waals surface area contributed by atoms with Gasteiger partial charge in [-0.2, -0.15) is 25.3 Å². The van der Waals surface area contributed by atoms with Gasteiger partial charge in [0.1, 0.15) is 0 Å². The average molecular weight is 439 g/mol. The fourth-order valence-corrected chi connectivity index (χ4v) is 3.74. The van der Waals surface area contributed by atoms with Gasteiger partial charge in [0.2, 0.25) is 0 Å². The van der Waals surface area contributed by atoms with Crippen molar-refractivity contribution in [2.75, 3.05) is 12.4 Å². The second kappa shape index (κ2) is 21.5. The Balaban J connectivity index is 0. The first-order valence-corrected chi connectivity index (χ1v) is 12.6. The predicted octanol–water partition coefficient (Wildman–Crippen LogP) is 5.53. The van der Waals surface area contributed by atoms with Gasteiger partial charge in [-0.05, 0) is 25.0 Å². The summed E-state index contributed by atoms with van der Waals surface area (Å²) in [7, 11) is -4.32. The maximum absolute atomic E-state index is 10.6. The summed E-state index contributed by atoms with van der Waals surface area (Å²) in [4.78, 5) is 17.2. The summed E-state index contributed by atoms with van der Waals surface area (Å²) in [6.07, 6.45) is 18.8. The van der Waals surface area contributed by atoms with Crippen LogP contribution in [0.4, 0.5) is 0 Å². The number of unbranched alkanes of at least 4 members (excludes halogenated alkanes) is 12. The molecule has 0 saturated heterocycles. The van der Waals surface area contributed by atoms with Crippen LogP contribution in [-0.2, 0) is 9.09 Å². The van der Waals surface area contributed by atoms with E-state index in [1.807, 2.05) is 0 Å². The van der Waals surface area contributed by atoms with Gasteiger partial charge in [-0.25, -0.2) is 4.57 Å². The molecule has 0 saturated carbocycles. The van der Waals surface area contributed by atoms with Gasteiger partial charge in [0.25, 0.3) is 0 Å². The Morgan fingerprint density at radius 2 is 1.12 bits per heavy atom. The zero-order chi connectivity index (χ0) is 18.8. The van der Waals surface area contributed by atoms with Crippen molar-refractivity contribution in [1.29, 1.82) is 0 Å². The zero-order valence-electron chi connectivity index (χ0n) is 15.7.